The highest BCUT2D eigenvalue weighted by atomic mass is 32.2. The molecule has 144 valence electrons. The first-order valence-electron chi connectivity index (χ1n) is 8.55. The summed E-state index contributed by atoms with van der Waals surface area (Å²) >= 11 is 0. The van der Waals surface area contributed by atoms with Crippen molar-refractivity contribution in [1.29, 1.82) is 0 Å². The molecule has 1 aliphatic heterocycles. The fourth-order valence-corrected chi connectivity index (χ4v) is 3.80. The molecule has 0 spiro atoms. The average molecular weight is 382 g/mol. The van der Waals surface area contributed by atoms with Gasteiger partial charge in [0.2, 0.25) is 15.9 Å². The van der Waals surface area contributed by atoms with Crippen LogP contribution in [0.25, 0.3) is 0 Å². The number of benzene rings is 1. The fourth-order valence-electron chi connectivity index (χ4n) is 2.93. The van der Waals surface area contributed by atoms with Gasteiger partial charge in [-0.25, -0.2) is 17.5 Å². The number of nitrogens with one attached hydrogen (secondary N) is 3. The zero-order chi connectivity index (χ0) is 19.3. The molecule has 1 aromatic carbocycles. The standard InChI is InChI=1S/C17H26N4O4S/c1-12(14-5-4-6-16(11-14)19-13(2)22)18-17(23)20-15-7-9-21(10-8-15)26(3,24)25/h4-6,11-12,15H,7-10H2,1-3H3,(H,19,22)(H2,18,20,23). The Morgan fingerprint density at radius 1 is 1.23 bits per heavy atom. The summed E-state index contributed by atoms with van der Waals surface area (Å²) in [5, 5.41) is 8.48. The Bertz CT molecular complexity index is 758. The molecule has 1 atom stereocenters. The van der Waals surface area contributed by atoms with Crippen molar-refractivity contribution in [2.75, 3.05) is 24.7 Å². The van der Waals surface area contributed by atoms with Gasteiger partial charge in [-0.1, -0.05) is 12.1 Å². The molecular weight excluding hydrogens is 356 g/mol. The molecule has 8 nitrogen and oxygen atoms in total. The minimum Gasteiger partial charge on any atom is -0.335 e. The maximum absolute atomic E-state index is 12.2. The van der Waals surface area contributed by atoms with Gasteiger partial charge in [0, 0.05) is 31.7 Å². The summed E-state index contributed by atoms with van der Waals surface area (Å²) in [5.41, 5.74) is 1.55. The number of carbonyl (C=O) groups is 2. The normalized spacial score (nSPS) is 17.3. The summed E-state index contributed by atoms with van der Waals surface area (Å²) in [6, 6.07) is 6.72. The Kier molecular flexibility index (Phi) is 6.60. The molecule has 1 fully saturated rings. The third kappa shape index (κ3) is 5.99. The second-order valence-electron chi connectivity index (χ2n) is 6.58. The minimum absolute atomic E-state index is 0.0501. The quantitative estimate of drug-likeness (QED) is 0.716. The Balaban J connectivity index is 1.85. The highest BCUT2D eigenvalue weighted by Crippen LogP contribution is 2.18. The number of sulfonamides is 1. The van der Waals surface area contributed by atoms with Crippen LogP contribution in [-0.2, 0) is 14.8 Å². The van der Waals surface area contributed by atoms with Crippen LogP contribution in [0.4, 0.5) is 10.5 Å². The molecule has 1 heterocycles. The average Bonchev–Trinajstić information content (AvgIpc) is 2.54. The number of rotatable bonds is 5. The third-order valence-corrected chi connectivity index (χ3v) is 5.62. The van der Waals surface area contributed by atoms with Crippen molar-refractivity contribution in [1.82, 2.24) is 14.9 Å². The molecule has 2 rings (SSSR count). The maximum Gasteiger partial charge on any atom is 0.315 e. The van der Waals surface area contributed by atoms with Gasteiger partial charge < -0.3 is 16.0 Å². The molecule has 9 heteroatoms. The first-order chi connectivity index (χ1) is 12.1. The molecule has 1 unspecified atom stereocenters. The lowest BCUT2D eigenvalue weighted by Gasteiger charge is -2.31. The SMILES string of the molecule is CC(=O)Nc1cccc(C(C)NC(=O)NC2CCN(S(C)(=O)=O)CC2)c1. The van der Waals surface area contributed by atoms with Crippen LogP contribution in [0.3, 0.4) is 0 Å². The number of amides is 3. The van der Waals surface area contributed by atoms with Crippen molar-refractivity contribution >= 4 is 27.6 Å². The molecule has 1 saturated heterocycles. The van der Waals surface area contributed by atoms with E-state index in [-0.39, 0.29) is 24.0 Å². The lowest BCUT2D eigenvalue weighted by Crippen LogP contribution is -2.49. The van der Waals surface area contributed by atoms with Crippen molar-refractivity contribution < 1.29 is 18.0 Å². The summed E-state index contributed by atoms with van der Waals surface area (Å²) in [5.74, 6) is -0.152. The number of nitrogens with zero attached hydrogens (tertiary/aromatic N) is 1. The van der Waals surface area contributed by atoms with Crippen LogP contribution < -0.4 is 16.0 Å². The highest BCUT2D eigenvalue weighted by Gasteiger charge is 2.26. The van der Waals surface area contributed by atoms with E-state index in [9.17, 15) is 18.0 Å². The van der Waals surface area contributed by atoms with E-state index in [1.807, 2.05) is 25.1 Å². The van der Waals surface area contributed by atoms with Gasteiger partial charge in [0.15, 0.2) is 0 Å². The van der Waals surface area contributed by atoms with Gasteiger partial charge in [0.1, 0.15) is 0 Å². The first-order valence-corrected chi connectivity index (χ1v) is 10.4. The Morgan fingerprint density at radius 2 is 1.88 bits per heavy atom. The van der Waals surface area contributed by atoms with Gasteiger partial charge in [-0.3, -0.25) is 4.79 Å². The van der Waals surface area contributed by atoms with E-state index in [0.29, 0.717) is 31.6 Å². The summed E-state index contributed by atoms with van der Waals surface area (Å²) in [7, 11) is -3.17. The van der Waals surface area contributed by atoms with Crippen molar-refractivity contribution in [3.63, 3.8) is 0 Å². The van der Waals surface area contributed by atoms with Crippen LogP contribution in [0, 0.1) is 0 Å². The summed E-state index contributed by atoms with van der Waals surface area (Å²) in [6.07, 6.45) is 2.38. The molecule has 0 bridgehead atoms. The largest absolute Gasteiger partial charge is 0.335 e. The topological polar surface area (TPSA) is 108 Å². The number of urea groups is 1. The molecule has 3 amide bonds. The molecule has 0 aromatic heterocycles. The Labute approximate surface area is 154 Å². The van der Waals surface area contributed by atoms with Crippen LogP contribution in [0.1, 0.15) is 38.3 Å². The van der Waals surface area contributed by atoms with E-state index in [1.165, 1.54) is 17.5 Å². The molecule has 0 radical (unpaired) electrons. The van der Waals surface area contributed by atoms with Gasteiger partial charge in [-0.2, -0.15) is 0 Å². The van der Waals surface area contributed by atoms with Crippen molar-refractivity contribution in [2.45, 2.75) is 38.8 Å². The van der Waals surface area contributed by atoms with Gasteiger partial charge in [-0.15, -0.1) is 0 Å². The third-order valence-electron chi connectivity index (χ3n) is 4.31. The highest BCUT2D eigenvalue weighted by molar-refractivity contribution is 7.88. The smallest absolute Gasteiger partial charge is 0.315 e. The van der Waals surface area contributed by atoms with E-state index >= 15 is 0 Å². The van der Waals surface area contributed by atoms with Crippen LogP contribution in [0.15, 0.2) is 24.3 Å². The lowest BCUT2D eigenvalue weighted by atomic mass is 10.1. The second-order valence-corrected chi connectivity index (χ2v) is 8.56. The molecule has 0 aliphatic carbocycles. The van der Waals surface area contributed by atoms with Crippen molar-refractivity contribution in [3.8, 4) is 0 Å². The van der Waals surface area contributed by atoms with Gasteiger partial charge in [0.25, 0.3) is 0 Å². The first kappa shape index (κ1) is 20.2. The van der Waals surface area contributed by atoms with Gasteiger partial charge in [-0.05, 0) is 37.5 Å². The number of carbonyl (C=O) groups excluding carboxylic acids is 2. The molecule has 1 aliphatic rings. The van der Waals surface area contributed by atoms with E-state index < -0.39 is 10.0 Å². The number of hydrogen-bond acceptors (Lipinski definition) is 4. The van der Waals surface area contributed by atoms with Gasteiger partial charge >= 0.3 is 6.03 Å². The van der Waals surface area contributed by atoms with E-state index in [0.717, 1.165) is 5.56 Å². The minimum atomic E-state index is -3.17. The molecule has 26 heavy (non-hydrogen) atoms. The summed E-state index contributed by atoms with van der Waals surface area (Å²) < 4.78 is 24.5. The second kappa shape index (κ2) is 8.50. The van der Waals surface area contributed by atoms with Crippen molar-refractivity contribution in [3.05, 3.63) is 29.8 Å². The zero-order valence-corrected chi connectivity index (χ0v) is 16.1. The number of piperidine rings is 1. The molecular formula is C17H26N4O4S. The fraction of sp³-hybridized carbons (Fsp3) is 0.529. The Morgan fingerprint density at radius 3 is 2.46 bits per heavy atom. The maximum atomic E-state index is 12.2. The van der Waals surface area contributed by atoms with E-state index in [1.54, 1.807) is 6.07 Å². The summed E-state index contributed by atoms with van der Waals surface area (Å²) in [6.45, 7) is 4.13. The van der Waals surface area contributed by atoms with Crippen LogP contribution in [-0.4, -0.2) is 50.0 Å². The zero-order valence-electron chi connectivity index (χ0n) is 15.3. The predicted octanol–water partition coefficient (Wildman–Crippen LogP) is 1.43. The van der Waals surface area contributed by atoms with E-state index in [4.69, 9.17) is 0 Å². The van der Waals surface area contributed by atoms with Crippen LogP contribution in [0.2, 0.25) is 0 Å². The molecule has 1 aromatic rings. The van der Waals surface area contributed by atoms with Crippen LogP contribution >= 0.6 is 0 Å². The molecule has 3 N–H and O–H groups in total. The van der Waals surface area contributed by atoms with Crippen molar-refractivity contribution in [2.24, 2.45) is 0 Å². The summed E-state index contributed by atoms with van der Waals surface area (Å²) in [4.78, 5) is 23.4. The van der Waals surface area contributed by atoms with Gasteiger partial charge in [0.05, 0.1) is 12.3 Å². The Hall–Kier alpha value is -2.13. The number of anilines is 1. The number of hydrogen-bond donors (Lipinski definition) is 3. The van der Waals surface area contributed by atoms with E-state index in [2.05, 4.69) is 16.0 Å². The van der Waals surface area contributed by atoms with Crippen LogP contribution in [0.5, 0.6) is 0 Å². The molecule has 0 saturated carbocycles. The predicted molar refractivity (Wildman–Crippen MR) is 100 cm³/mol. The lowest BCUT2D eigenvalue weighted by molar-refractivity contribution is -0.114. The monoisotopic (exact) mass is 382 g/mol.